The maximum Gasteiger partial charge on any atom is 0.327 e. The van der Waals surface area contributed by atoms with Crippen LogP contribution in [0.4, 0.5) is 0 Å². The number of hydrogen-bond acceptors (Lipinski definition) is 6. The summed E-state index contributed by atoms with van der Waals surface area (Å²) in [6, 6.07) is 10.2. The van der Waals surface area contributed by atoms with Gasteiger partial charge in [0, 0.05) is 11.8 Å². The van der Waals surface area contributed by atoms with Gasteiger partial charge in [-0.3, -0.25) is 4.57 Å². The van der Waals surface area contributed by atoms with Crippen molar-refractivity contribution in [3.63, 3.8) is 0 Å². The van der Waals surface area contributed by atoms with E-state index in [-0.39, 0.29) is 11.4 Å². The van der Waals surface area contributed by atoms with Crippen molar-refractivity contribution in [2.75, 3.05) is 38.9 Å². The predicted octanol–water partition coefficient (Wildman–Crippen LogP) is 3.17. The number of ether oxygens (including phenoxy) is 3. The van der Waals surface area contributed by atoms with E-state index in [1.165, 1.54) is 10.8 Å². The number of para-hydroxylation sites is 1. The summed E-state index contributed by atoms with van der Waals surface area (Å²) >= 11 is 0. The Labute approximate surface area is 192 Å². The first-order valence-electron chi connectivity index (χ1n) is 10.8. The molecule has 9 heteroatoms. The Kier molecular flexibility index (Phi) is 6.62. The molecule has 0 aliphatic carbocycles. The summed E-state index contributed by atoms with van der Waals surface area (Å²) in [5.74, 6) is 0.800. The highest BCUT2D eigenvalue weighted by molar-refractivity contribution is 7.90. The third-order valence-corrected chi connectivity index (χ3v) is 6.63. The molecule has 4 rings (SSSR count). The highest BCUT2D eigenvalue weighted by atomic mass is 32.2. The number of aromatic amines is 1. The number of nitrogens with one attached hydrogen (secondary N) is 1. The monoisotopic (exact) mass is 472 g/mol. The lowest BCUT2D eigenvalue weighted by Crippen LogP contribution is -2.28. The van der Waals surface area contributed by atoms with Gasteiger partial charge in [-0.15, -0.1) is 0 Å². The lowest BCUT2D eigenvalue weighted by molar-refractivity contribution is 0.161. The highest BCUT2D eigenvalue weighted by Gasteiger charge is 2.26. The Hall–Kier alpha value is -3.04. The van der Waals surface area contributed by atoms with Gasteiger partial charge < -0.3 is 19.2 Å². The van der Waals surface area contributed by atoms with E-state index in [0.29, 0.717) is 47.9 Å². The van der Waals surface area contributed by atoms with Gasteiger partial charge in [-0.1, -0.05) is 24.3 Å². The molecule has 0 saturated carbocycles. The number of nitrogens with zero attached hydrogens (tertiary/aromatic N) is 1. The zero-order chi connectivity index (χ0) is 23.6. The summed E-state index contributed by atoms with van der Waals surface area (Å²) < 4.78 is 42.8. The SMILES string of the molecule is CCOc1cc(C(CS(C)(=O)=O)n2c(=O)[nH]c3c(C4=CCOCC4)cccc32)ccc1OC. The van der Waals surface area contributed by atoms with Crippen LogP contribution in [0.2, 0.25) is 0 Å². The quantitative estimate of drug-likeness (QED) is 0.541. The molecule has 0 spiro atoms. The Bertz CT molecular complexity index is 1350. The third kappa shape index (κ3) is 4.84. The fourth-order valence-electron chi connectivity index (χ4n) is 4.27. The summed E-state index contributed by atoms with van der Waals surface area (Å²) in [6.45, 7) is 3.43. The average Bonchev–Trinajstić information content (AvgIpc) is 3.13. The smallest absolute Gasteiger partial charge is 0.327 e. The Morgan fingerprint density at radius 2 is 2.03 bits per heavy atom. The molecule has 1 aromatic heterocycles. The van der Waals surface area contributed by atoms with E-state index in [1.807, 2.05) is 31.2 Å². The van der Waals surface area contributed by atoms with Gasteiger partial charge in [-0.05, 0) is 42.7 Å². The van der Waals surface area contributed by atoms with Crippen LogP contribution in [0.5, 0.6) is 11.5 Å². The molecule has 176 valence electrons. The van der Waals surface area contributed by atoms with E-state index in [1.54, 1.807) is 25.3 Å². The molecule has 0 saturated heterocycles. The zero-order valence-electron chi connectivity index (χ0n) is 19.0. The van der Waals surface area contributed by atoms with Crippen LogP contribution in [0.25, 0.3) is 16.6 Å². The van der Waals surface area contributed by atoms with Crippen LogP contribution in [-0.2, 0) is 14.6 Å². The summed E-state index contributed by atoms with van der Waals surface area (Å²) in [6.07, 6.45) is 3.93. The van der Waals surface area contributed by atoms with Gasteiger partial charge in [0.2, 0.25) is 0 Å². The van der Waals surface area contributed by atoms with E-state index < -0.39 is 15.9 Å². The molecule has 2 aromatic carbocycles. The third-order valence-electron chi connectivity index (χ3n) is 5.71. The van der Waals surface area contributed by atoms with Crippen LogP contribution in [0.1, 0.15) is 30.5 Å². The van der Waals surface area contributed by atoms with Crippen molar-refractivity contribution in [3.8, 4) is 11.5 Å². The van der Waals surface area contributed by atoms with E-state index in [2.05, 4.69) is 4.98 Å². The van der Waals surface area contributed by atoms with Gasteiger partial charge in [-0.2, -0.15) is 0 Å². The van der Waals surface area contributed by atoms with E-state index >= 15 is 0 Å². The van der Waals surface area contributed by atoms with E-state index in [0.717, 1.165) is 17.6 Å². The summed E-state index contributed by atoms with van der Waals surface area (Å²) in [4.78, 5) is 16.2. The van der Waals surface area contributed by atoms with Gasteiger partial charge in [0.1, 0.15) is 9.84 Å². The summed E-state index contributed by atoms with van der Waals surface area (Å²) in [5, 5.41) is 0. The molecular weight excluding hydrogens is 444 g/mol. The maximum atomic E-state index is 13.2. The lowest BCUT2D eigenvalue weighted by atomic mass is 10.00. The molecule has 1 N–H and O–H groups in total. The molecule has 1 atom stereocenters. The van der Waals surface area contributed by atoms with Crippen LogP contribution in [0.3, 0.4) is 0 Å². The van der Waals surface area contributed by atoms with E-state index in [4.69, 9.17) is 14.2 Å². The van der Waals surface area contributed by atoms with Crippen molar-refractivity contribution in [2.24, 2.45) is 0 Å². The van der Waals surface area contributed by atoms with Gasteiger partial charge in [0.25, 0.3) is 0 Å². The normalized spacial score (nSPS) is 15.3. The van der Waals surface area contributed by atoms with Crippen LogP contribution in [0, 0.1) is 0 Å². The molecule has 1 aliphatic heterocycles. The van der Waals surface area contributed by atoms with Crippen LogP contribution < -0.4 is 15.2 Å². The predicted molar refractivity (Wildman–Crippen MR) is 128 cm³/mol. The minimum atomic E-state index is -3.43. The van der Waals surface area contributed by atoms with Crippen LogP contribution >= 0.6 is 0 Å². The maximum absolute atomic E-state index is 13.2. The summed E-state index contributed by atoms with van der Waals surface area (Å²) in [5.41, 5.74) is 3.63. The average molecular weight is 473 g/mol. The van der Waals surface area contributed by atoms with Crippen molar-refractivity contribution in [1.82, 2.24) is 9.55 Å². The number of methoxy groups -OCH3 is 1. The highest BCUT2D eigenvalue weighted by Crippen LogP contribution is 2.34. The fraction of sp³-hybridized carbons (Fsp3) is 0.375. The molecule has 0 fully saturated rings. The molecule has 0 bridgehead atoms. The van der Waals surface area contributed by atoms with Crippen molar-refractivity contribution in [1.29, 1.82) is 0 Å². The number of hydrogen-bond donors (Lipinski definition) is 1. The number of H-pyrrole nitrogens is 1. The number of aromatic nitrogens is 2. The number of fused-ring (bicyclic) bond motifs is 1. The molecule has 1 aliphatic rings. The number of rotatable bonds is 8. The number of imidazole rings is 1. The largest absolute Gasteiger partial charge is 0.493 e. The molecule has 8 nitrogen and oxygen atoms in total. The first-order valence-corrected chi connectivity index (χ1v) is 12.9. The molecule has 0 radical (unpaired) electrons. The van der Waals surface area contributed by atoms with Gasteiger partial charge in [-0.25, -0.2) is 13.2 Å². The van der Waals surface area contributed by atoms with Crippen LogP contribution in [0.15, 0.2) is 47.3 Å². The standard InChI is InChI=1S/C24H28N2O6S/c1-4-32-22-14-17(8-9-21(22)30-2)20(15-33(3,28)29)26-19-7-5-6-18(23(19)25-24(26)27)16-10-12-31-13-11-16/h5-10,14,20H,4,11-13,15H2,1-3H3,(H,25,27). The molecule has 2 heterocycles. The van der Waals surface area contributed by atoms with Gasteiger partial charge >= 0.3 is 5.69 Å². The topological polar surface area (TPSA) is 99.6 Å². The molecule has 0 amide bonds. The zero-order valence-corrected chi connectivity index (χ0v) is 19.8. The second kappa shape index (κ2) is 9.44. The Morgan fingerprint density at radius 3 is 2.70 bits per heavy atom. The van der Waals surface area contributed by atoms with Gasteiger partial charge in [0.05, 0.1) is 49.8 Å². The summed E-state index contributed by atoms with van der Waals surface area (Å²) in [7, 11) is -1.88. The molecule has 33 heavy (non-hydrogen) atoms. The van der Waals surface area contributed by atoms with Crippen molar-refractivity contribution >= 4 is 26.4 Å². The first kappa shape index (κ1) is 23.1. The molecule has 1 unspecified atom stereocenters. The first-order chi connectivity index (χ1) is 15.8. The van der Waals surface area contributed by atoms with E-state index in [9.17, 15) is 13.2 Å². The molecule has 3 aromatic rings. The van der Waals surface area contributed by atoms with Crippen molar-refractivity contribution in [2.45, 2.75) is 19.4 Å². The Balaban J connectivity index is 1.91. The van der Waals surface area contributed by atoms with Crippen molar-refractivity contribution < 1.29 is 22.6 Å². The second-order valence-electron chi connectivity index (χ2n) is 8.01. The lowest BCUT2D eigenvalue weighted by Gasteiger charge is -2.21. The minimum absolute atomic E-state index is 0.238. The molecular formula is C24H28N2O6S. The number of sulfone groups is 1. The van der Waals surface area contributed by atoms with Crippen molar-refractivity contribution in [3.05, 3.63) is 64.1 Å². The number of benzene rings is 2. The Morgan fingerprint density at radius 1 is 1.21 bits per heavy atom. The second-order valence-corrected chi connectivity index (χ2v) is 10.2. The van der Waals surface area contributed by atoms with Gasteiger partial charge in [0.15, 0.2) is 11.5 Å². The fourth-order valence-corrected chi connectivity index (χ4v) is 5.19. The van der Waals surface area contributed by atoms with Crippen LogP contribution in [-0.4, -0.2) is 56.9 Å². The minimum Gasteiger partial charge on any atom is -0.493 e.